The molecule has 1 aromatic heterocycles. The number of rotatable bonds is 4. The van der Waals surface area contributed by atoms with Gasteiger partial charge in [0.1, 0.15) is 0 Å². The zero-order valence-electron chi connectivity index (χ0n) is 11.5. The van der Waals surface area contributed by atoms with Gasteiger partial charge in [0, 0.05) is 41.9 Å². The minimum Gasteiger partial charge on any atom is -0.398 e. The van der Waals surface area contributed by atoms with Crippen molar-refractivity contribution in [2.24, 2.45) is 0 Å². The summed E-state index contributed by atoms with van der Waals surface area (Å²) >= 11 is 3.44. The lowest BCUT2D eigenvalue weighted by atomic mass is 10.1. The van der Waals surface area contributed by atoms with Gasteiger partial charge < -0.3 is 15.5 Å². The van der Waals surface area contributed by atoms with Crippen LogP contribution in [0.1, 0.15) is 0 Å². The fourth-order valence-electron chi connectivity index (χ4n) is 1.98. The van der Waals surface area contributed by atoms with Crippen molar-refractivity contribution in [1.82, 2.24) is 9.88 Å². The van der Waals surface area contributed by atoms with E-state index in [4.69, 9.17) is 5.73 Å². The Morgan fingerprint density at radius 2 is 1.95 bits per heavy atom. The largest absolute Gasteiger partial charge is 0.398 e. The van der Waals surface area contributed by atoms with E-state index in [-0.39, 0.29) is 0 Å². The maximum absolute atomic E-state index is 6.03. The van der Waals surface area contributed by atoms with Crippen molar-refractivity contribution in [3.63, 3.8) is 0 Å². The van der Waals surface area contributed by atoms with Crippen molar-refractivity contribution in [2.75, 3.05) is 44.9 Å². The van der Waals surface area contributed by atoms with Crippen LogP contribution in [-0.2, 0) is 0 Å². The van der Waals surface area contributed by atoms with E-state index in [0.29, 0.717) is 0 Å². The lowest BCUT2D eigenvalue weighted by Gasteiger charge is -2.23. The van der Waals surface area contributed by atoms with Gasteiger partial charge in [-0.2, -0.15) is 0 Å². The zero-order chi connectivity index (χ0) is 14.0. The second-order valence-electron chi connectivity index (χ2n) is 4.95. The number of aromatic nitrogens is 1. The Morgan fingerprint density at radius 1 is 1.21 bits per heavy atom. The first-order valence-electron chi connectivity index (χ1n) is 6.18. The normalized spacial score (nSPS) is 11.2. The van der Waals surface area contributed by atoms with E-state index >= 15 is 0 Å². The second-order valence-corrected chi connectivity index (χ2v) is 5.86. The summed E-state index contributed by atoms with van der Waals surface area (Å²) < 4.78 is 0.944. The number of likely N-dealkylation sites (N-methyl/N-ethyl adjacent to an activating group) is 2. The van der Waals surface area contributed by atoms with Crippen LogP contribution in [-0.4, -0.2) is 44.1 Å². The number of pyridine rings is 1. The van der Waals surface area contributed by atoms with Crippen LogP contribution in [0.25, 0.3) is 10.9 Å². The Balaban J connectivity index is 2.41. The molecule has 0 bridgehead atoms. The van der Waals surface area contributed by atoms with Gasteiger partial charge in [-0.3, -0.25) is 4.98 Å². The Kier molecular flexibility index (Phi) is 4.27. The van der Waals surface area contributed by atoms with E-state index < -0.39 is 0 Å². The second kappa shape index (κ2) is 5.75. The molecule has 0 amide bonds. The highest BCUT2D eigenvalue weighted by Crippen LogP contribution is 2.30. The molecule has 0 saturated heterocycles. The molecular weight excluding hydrogens is 304 g/mol. The first-order chi connectivity index (χ1) is 8.99. The van der Waals surface area contributed by atoms with E-state index in [1.165, 1.54) is 0 Å². The molecule has 2 N–H and O–H groups in total. The molecule has 0 unspecified atom stereocenters. The van der Waals surface area contributed by atoms with Crippen molar-refractivity contribution < 1.29 is 0 Å². The van der Waals surface area contributed by atoms with Crippen LogP contribution < -0.4 is 10.6 Å². The van der Waals surface area contributed by atoms with E-state index in [0.717, 1.165) is 39.8 Å². The molecular formula is C14H19BrN4. The van der Waals surface area contributed by atoms with Gasteiger partial charge in [-0.15, -0.1) is 0 Å². The molecule has 0 spiro atoms. The topological polar surface area (TPSA) is 45.4 Å². The molecule has 1 heterocycles. The molecule has 0 aliphatic heterocycles. The zero-order valence-corrected chi connectivity index (χ0v) is 13.1. The van der Waals surface area contributed by atoms with Crippen LogP contribution in [0.3, 0.4) is 0 Å². The standard InChI is InChI=1S/C14H19BrN4/c1-18(2)6-7-19(3)13-5-4-12(16)11-8-10(15)9-17-14(11)13/h4-5,8-9H,6-7,16H2,1-3H3. The third kappa shape index (κ3) is 3.16. The van der Waals surface area contributed by atoms with Crippen molar-refractivity contribution in [1.29, 1.82) is 0 Å². The lowest BCUT2D eigenvalue weighted by molar-refractivity contribution is 0.416. The molecule has 5 heteroatoms. The van der Waals surface area contributed by atoms with Crippen LogP contribution in [0.4, 0.5) is 11.4 Å². The highest BCUT2D eigenvalue weighted by molar-refractivity contribution is 9.10. The molecule has 0 fully saturated rings. The number of hydrogen-bond donors (Lipinski definition) is 1. The SMILES string of the molecule is CN(C)CCN(C)c1ccc(N)c2cc(Br)cnc12. The van der Waals surface area contributed by atoms with Gasteiger partial charge in [0.15, 0.2) is 0 Å². The number of anilines is 2. The number of hydrogen-bond acceptors (Lipinski definition) is 4. The van der Waals surface area contributed by atoms with Gasteiger partial charge in [0.2, 0.25) is 0 Å². The summed E-state index contributed by atoms with van der Waals surface area (Å²) in [5, 5.41) is 0.989. The molecule has 19 heavy (non-hydrogen) atoms. The monoisotopic (exact) mass is 322 g/mol. The van der Waals surface area contributed by atoms with E-state index in [1.807, 2.05) is 24.4 Å². The van der Waals surface area contributed by atoms with Gasteiger partial charge in [-0.25, -0.2) is 0 Å². The molecule has 1 aromatic carbocycles. The van der Waals surface area contributed by atoms with E-state index in [2.05, 4.69) is 51.9 Å². The van der Waals surface area contributed by atoms with E-state index in [1.54, 1.807) is 0 Å². The molecule has 0 aliphatic carbocycles. The highest BCUT2D eigenvalue weighted by atomic mass is 79.9. The fraction of sp³-hybridized carbons (Fsp3) is 0.357. The number of nitrogens with two attached hydrogens (primary N) is 1. The van der Waals surface area contributed by atoms with Crippen molar-refractivity contribution in [3.8, 4) is 0 Å². The maximum atomic E-state index is 6.03. The minimum atomic E-state index is 0.758. The van der Waals surface area contributed by atoms with Gasteiger partial charge in [0.05, 0.1) is 11.2 Å². The van der Waals surface area contributed by atoms with Gasteiger partial charge >= 0.3 is 0 Å². The van der Waals surface area contributed by atoms with Gasteiger partial charge in [-0.05, 0) is 48.2 Å². The summed E-state index contributed by atoms with van der Waals surface area (Å²) in [6.45, 7) is 1.95. The van der Waals surface area contributed by atoms with Crippen LogP contribution in [0.5, 0.6) is 0 Å². The Hall–Kier alpha value is -1.33. The molecule has 0 aliphatic rings. The summed E-state index contributed by atoms with van der Waals surface area (Å²) in [4.78, 5) is 8.89. The number of benzene rings is 1. The quantitative estimate of drug-likeness (QED) is 0.879. The lowest BCUT2D eigenvalue weighted by Crippen LogP contribution is -2.28. The summed E-state index contributed by atoms with van der Waals surface area (Å²) in [7, 11) is 6.23. The summed E-state index contributed by atoms with van der Waals surface area (Å²) in [5.41, 5.74) is 8.85. The first-order valence-corrected chi connectivity index (χ1v) is 6.98. The predicted octanol–water partition coefficient (Wildman–Crippen LogP) is 2.58. The van der Waals surface area contributed by atoms with E-state index in [9.17, 15) is 0 Å². The summed E-state index contributed by atoms with van der Waals surface area (Å²) in [6.07, 6.45) is 1.81. The first kappa shape index (κ1) is 14.1. The highest BCUT2D eigenvalue weighted by Gasteiger charge is 2.10. The van der Waals surface area contributed by atoms with Crippen LogP contribution in [0, 0.1) is 0 Å². The molecule has 0 atom stereocenters. The molecule has 2 aromatic rings. The Bertz CT molecular complexity index is 583. The van der Waals surface area contributed by atoms with Crippen molar-refractivity contribution in [3.05, 3.63) is 28.9 Å². The number of halogens is 1. The van der Waals surface area contributed by atoms with Gasteiger partial charge in [0.25, 0.3) is 0 Å². The fourth-order valence-corrected chi connectivity index (χ4v) is 2.31. The van der Waals surface area contributed by atoms with Crippen molar-refractivity contribution in [2.45, 2.75) is 0 Å². The molecule has 4 nitrogen and oxygen atoms in total. The average Bonchev–Trinajstić information content (AvgIpc) is 2.37. The third-order valence-electron chi connectivity index (χ3n) is 3.12. The van der Waals surface area contributed by atoms with Crippen LogP contribution in [0.15, 0.2) is 28.9 Å². The minimum absolute atomic E-state index is 0.758. The molecule has 0 radical (unpaired) electrons. The molecule has 0 saturated carbocycles. The van der Waals surface area contributed by atoms with Crippen LogP contribution in [0.2, 0.25) is 0 Å². The Labute approximate surface area is 122 Å². The number of nitrogen functional groups attached to an aromatic ring is 1. The average molecular weight is 323 g/mol. The summed E-state index contributed by atoms with van der Waals surface area (Å²) in [6, 6.07) is 5.99. The smallest absolute Gasteiger partial charge is 0.0956 e. The third-order valence-corrected chi connectivity index (χ3v) is 3.56. The summed E-state index contributed by atoms with van der Waals surface area (Å²) in [5.74, 6) is 0. The predicted molar refractivity (Wildman–Crippen MR) is 85.7 cm³/mol. The molecule has 102 valence electrons. The number of fused-ring (bicyclic) bond motifs is 1. The molecule has 2 rings (SSSR count). The maximum Gasteiger partial charge on any atom is 0.0956 e. The van der Waals surface area contributed by atoms with Gasteiger partial charge in [-0.1, -0.05) is 0 Å². The number of nitrogens with zero attached hydrogens (tertiary/aromatic N) is 3. The van der Waals surface area contributed by atoms with Crippen LogP contribution >= 0.6 is 15.9 Å². The Morgan fingerprint density at radius 3 is 2.63 bits per heavy atom. The van der Waals surface area contributed by atoms with Crippen molar-refractivity contribution >= 4 is 38.2 Å².